The minimum atomic E-state index is -3.70. The molecule has 0 radical (unpaired) electrons. The molecule has 0 saturated carbocycles. The Hall–Kier alpha value is -4.38. The predicted molar refractivity (Wildman–Crippen MR) is 165 cm³/mol. The molecule has 11 nitrogen and oxygen atoms in total. The number of pyridine rings is 2. The van der Waals surface area contributed by atoms with E-state index in [-0.39, 0.29) is 51.9 Å². The Balaban J connectivity index is 1.50. The van der Waals surface area contributed by atoms with Crippen molar-refractivity contribution in [1.82, 2.24) is 29.7 Å². The maximum absolute atomic E-state index is 15.1. The highest BCUT2D eigenvalue weighted by atomic mass is 32.2. The fraction of sp³-hybridized carbons (Fsp3) is 0.333. The van der Waals surface area contributed by atoms with Gasteiger partial charge in [0.1, 0.15) is 11.5 Å². The third-order valence-electron chi connectivity index (χ3n) is 7.19. The molecule has 1 saturated heterocycles. The molecule has 224 valence electrons. The van der Waals surface area contributed by atoms with Gasteiger partial charge < -0.3 is 20.4 Å². The molecule has 4 heterocycles. The average molecular weight is 605 g/mol. The van der Waals surface area contributed by atoms with Gasteiger partial charge in [-0.05, 0) is 57.4 Å². The first-order valence-electron chi connectivity index (χ1n) is 13.8. The van der Waals surface area contributed by atoms with Gasteiger partial charge in [-0.1, -0.05) is 5.92 Å². The number of rotatable bonds is 9. The minimum absolute atomic E-state index is 0.0323. The molecule has 5 rings (SSSR count). The van der Waals surface area contributed by atoms with Crippen molar-refractivity contribution in [3.8, 4) is 12.3 Å². The maximum atomic E-state index is 15.1. The highest BCUT2D eigenvalue weighted by Crippen LogP contribution is 2.26. The van der Waals surface area contributed by atoms with Crippen LogP contribution in [0.1, 0.15) is 18.2 Å². The standard InChI is InChI=1S/C30H33FN8O3S/c1-5-21-15-22-17-34-30(35-23-8-9-26(24(31)16-23)38-12-11-32-20(2)18-38)36-28(22)39(29(21)40)19-25-27(7-6-10-33-25)43(41,42)14-13-37(3)4/h1,6-10,15-17,20,32H,11-14,18-19H2,2-4H3,(H,34,35,36). The van der Waals surface area contributed by atoms with Crippen molar-refractivity contribution in [2.45, 2.75) is 24.4 Å². The molecular weight excluding hydrogens is 571 g/mol. The van der Waals surface area contributed by atoms with Gasteiger partial charge in [0.05, 0.1) is 34.1 Å². The Morgan fingerprint density at radius 3 is 2.77 bits per heavy atom. The molecule has 13 heteroatoms. The van der Waals surface area contributed by atoms with E-state index in [4.69, 9.17) is 6.42 Å². The van der Waals surface area contributed by atoms with Crippen LogP contribution in [0.15, 0.2) is 58.5 Å². The molecule has 1 aromatic carbocycles. The number of hydrogen-bond donors (Lipinski definition) is 2. The van der Waals surface area contributed by atoms with Crippen molar-refractivity contribution in [1.29, 1.82) is 0 Å². The van der Waals surface area contributed by atoms with Crippen molar-refractivity contribution >= 4 is 38.2 Å². The topological polar surface area (TPSA) is 125 Å². The number of nitrogens with one attached hydrogen (secondary N) is 2. The average Bonchev–Trinajstić information content (AvgIpc) is 2.98. The van der Waals surface area contributed by atoms with Crippen molar-refractivity contribution < 1.29 is 12.8 Å². The third kappa shape index (κ3) is 6.67. The Labute approximate surface area is 249 Å². The summed E-state index contributed by atoms with van der Waals surface area (Å²) in [6.07, 6.45) is 8.59. The molecule has 0 bridgehead atoms. The number of fused-ring (bicyclic) bond motifs is 1. The van der Waals surface area contributed by atoms with Crippen molar-refractivity contribution in [3.63, 3.8) is 0 Å². The second-order valence-corrected chi connectivity index (χ2v) is 12.8. The van der Waals surface area contributed by atoms with Crippen LogP contribution in [-0.2, 0) is 16.4 Å². The molecular formula is C30H33FN8O3S. The first-order valence-corrected chi connectivity index (χ1v) is 15.4. The fourth-order valence-electron chi connectivity index (χ4n) is 4.98. The molecule has 1 atom stereocenters. The summed E-state index contributed by atoms with van der Waals surface area (Å²) in [7, 11) is -0.125. The Morgan fingerprint density at radius 2 is 2.05 bits per heavy atom. The van der Waals surface area contributed by atoms with Crippen LogP contribution >= 0.6 is 0 Å². The van der Waals surface area contributed by atoms with Gasteiger partial charge in [0.2, 0.25) is 5.95 Å². The number of piperazine rings is 1. The summed E-state index contributed by atoms with van der Waals surface area (Å²) in [6.45, 7) is 4.37. The molecule has 1 aliphatic heterocycles. The van der Waals surface area contributed by atoms with Crippen molar-refractivity contribution in [3.05, 3.63) is 76.2 Å². The number of halogens is 1. The van der Waals surface area contributed by atoms with Gasteiger partial charge in [-0.2, -0.15) is 4.98 Å². The van der Waals surface area contributed by atoms with Gasteiger partial charge >= 0.3 is 0 Å². The number of aromatic nitrogens is 4. The number of anilines is 3. The van der Waals surface area contributed by atoms with E-state index in [9.17, 15) is 13.2 Å². The molecule has 1 fully saturated rings. The second kappa shape index (κ2) is 12.5. The zero-order valence-electron chi connectivity index (χ0n) is 24.2. The summed E-state index contributed by atoms with van der Waals surface area (Å²) < 4.78 is 42.8. The van der Waals surface area contributed by atoms with E-state index in [2.05, 4.69) is 38.4 Å². The van der Waals surface area contributed by atoms with E-state index in [1.54, 1.807) is 37.2 Å². The molecule has 0 spiro atoms. The molecule has 3 aromatic heterocycles. The maximum Gasteiger partial charge on any atom is 0.268 e. The highest BCUT2D eigenvalue weighted by molar-refractivity contribution is 7.91. The summed E-state index contributed by atoms with van der Waals surface area (Å²) in [5.41, 5.74) is 0.896. The van der Waals surface area contributed by atoms with Crippen LogP contribution in [0, 0.1) is 18.2 Å². The predicted octanol–water partition coefficient (Wildman–Crippen LogP) is 2.23. The second-order valence-electron chi connectivity index (χ2n) is 10.7. The van der Waals surface area contributed by atoms with Gasteiger partial charge in [-0.3, -0.25) is 14.3 Å². The summed E-state index contributed by atoms with van der Waals surface area (Å²) in [6, 6.07) is 9.62. The minimum Gasteiger partial charge on any atom is -0.366 e. The fourth-order valence-corrected chi connectivity index (χ4v) is 6.57. The normalized spacial score (nSPS) is 15.5. The van der Waals surface area contributed by atoms with E-state index in [1.807, 2.05) is 4.90 Å². The first kappa shape index (κ1) is 30.1. The highest BCUT2D eigenvalue weighted by Gasteiger charge is 2.22. The Morgan fingerprint density at radius 1 is 1.23 bits per heavy atom. The van der Waals surface area contributed by atoms with Gasteiger partial charge in [-0.25, -0.2) is 17.8 Å². The van der Waals surface area contributed by atoms with Crippen LogP contribution in [0.3, 0.4) is 0 Å². The SMILES string of the molecule is C#Cc1cc2cnc(Nc3ccc(N4CCNC(C)C4)c(F)c3)nc2n(Cc2ncccc2S(=O)(=O)CCN(C)C)c1=O. The van der Waals surface area contributed by atoms with Gasteiger partial charge in [0, 0.05) is 55.7 Å². The van der Waals surface area contributed by atoms with Crippen molar-refractivity contribution in [2.75, 3.05) is 56.2 Å². The van der Waals surface area contributed by atoms with Crippen LogP contribution < -0.4 is 21.1 Å². The Kier molecular flexibility index (Phi) is 8.72. The Bertz CT molecular complexity index is 1870. The van der Waals surface area contributed by atoms with Gasteiger partial charge in [0.15, 0.2) is 9.84 Å². The summed E-state index contributed by atoms with van der Waals surface area (Å²) in [5.74, 6) is 2.02. The van der Waals surface area contributed by atoms with Crippen LogP contribution in [0.2, 0.25) is 0 Å². The lowest BCUT2D eigenvalue weighted by atomic mass is 10.2. The van der Waals surface area contributed by atoms with Crippen LogP contribution in [0.25, 0.3) is 11.0 Å². The molecule has 0 amide bonds. The van der Waals surface area contributed by atoms with Crippen LogP contribution in [0.4, 0.5) is 21.7 Å². The molecule has 4 aromatic rings. The summed E-state index contributed by atoms with van der Waals surface area (Å²) in [4.78, 5) is 30.4. The summed E-state index contributed by atoms with van der Waals surface area (Å²) in [5, 5.41) is 6.83. The molecule has 1 unspecified atom stereocenters. The molecule has 1 aliphatic rings. The summed E-state index contributed by atoms with van der Waals surface area (Å²) >= 11 is 0. The lowest BCUT2D eigenvalue weighted by Gasteiger charge is -2.33. The zero-order valence-corrected chi connectivity index (χ0v) is 25.0. The third-order valence-corrected chi connectivity index (χ3v) is 8.96. The molecule has 2 N–H and O–H groups in total. The van der Waals surface area contributed by atoms with E-state index in [0.717, 1.165) is 6.54 Å². The molecule has 43 heavy (non-hydrogen) atoms. The quantitative estimate of drug-likeness (QED) is 0.275. The van der Waals surface area contributed by atoms with Crippen LogP contribution in [-0.4, -0.2) is 84.9 Å². The van der Waals surface area contributed by atoms with Gasteiger partial charge in [-0.15, -0.1) is 6.42 Å². The van der Waals surface area contributed by atoms with Crippen molar-refractivity contribution in [2.24, 2.45) is 0 Å². The number of sulfone groups is 1. The van der Waals surface area contributed by atoms with Gasteiger partial charge in [0.25, 0.3) is 5.56 Å². The lowest BCUT2D eigenvalue weighted by Crippen LogP contribution is -2.49. The van der Waals surface area contributed by atoms with Crippen LogP contribution in [0.5, 0.6) is 0 Å². The molecule has 0 aliphatic carbocycles. The van der Waals surface area contributed by atoms with E-state index < -0.39 is 15.4 Å². The number of nitrogens with zero attached hydrogens (tertiary/aromatic N) is 6. The number of benzene rings is 1. The monoisotopic (exact) mass is 604 g/mol. The largest absolute Gasteiger partial charge is 0.366 e. The van der Waals surface area contributed by atoms with E-state index in [1.165, 1.54) is 35.2 Å². The van der Waals surface area contributed by atoms with E-state index >= 15 is 4.39 Å². The van der Waals surface area contributed by atoms with E-state index in [0.29, 0.717) is 36.4 Å². The first-order chi connectivity index (χ1) is 20.6. The number of hydrogen-bond acceptors (Lipinski definition) is 10. The number of terminal acetylenes is 1. The lowest BCUT2D eigenvalue weighted by molar-refractivity contribution is 0.432. The smallest absolute Gasteiger partial charge is 0.268 e. The zero-order chi connectivity index (χ0) is 30.7.